The lowest BCUT2D eigenvalue weighted by Gasteiger charge is -2.01. The summed E-state index contributed by atoms with van der Waals surface area (Å²) in [5.74, 6) is -0.533. The first-order chi connectivity index (χ1) is 5.74. The van der Waals surface area contributed by atoms with Crippen molar-refractivity contribution in [3.05, 3.63) is 29.8 Å². The highest BCUT2D eigenvalue weighted by Gasteiger charge is 2.03. The molecule has 0 aromatic heterocycles. The second-order valence-corrected chi connectivity index (χ2v) is 3.09. The molecule has 0 aliphatic rings. The van der Waals surface area contributed by atoms with Gasteiger partial charge in [0.2, 0.25) is 0 Å². The fourth-order valence-corrected chi connectivity index (χ4v) is 1.36. The Labute approximate surface area is 73.7 Å². The second kappa shape index (κ2) is 4.42. The van der Waals surface area contributed by atoms with E-state index in [0.29, 0.717) is 5.94 Å². The van der Waals surface area contributed by atoms with E-state index in [-0.39, 0.29) is 4.90 Å². The third kappa shape index (κ3) is 2.46. The van der Waals surface area contributed by atoms with Gasteiger partial charge in [-0.05, 0) is 18.2 Å². The summed E-state index contributed by atoms with van der Waals surface area (Å²) >= 11 is 1.12. The Morgan fingerprint density at radius 2 is 2.17 bits per heavy atom. The Morgan fingerprint density at radius 3 is 2.83 bits per heavy atom. The van der Waals surface area contributed by atoms with Crippen molar-refractivity contribution < 1.29 is 13.5 Å². The predicted octanol–water partition coefficient (Wildman–Crippen LogP) is 2.66. The lowest BCUT2D eigenvalue weighted by atomic mass is 10.3. The number of thioether (sulfide) groups is 1. The molecule has 0 radical (unpaired) electrons. The molecule has 0 spiro atoms. The van der Waals surface area contributed by atoms with Crippen LogP contribution in [0.5, 0.6) is 0 Å². The summed E-state index contributed by atoms with van der Waals surface area (Å²) in [7, 11) is 1.50. The van der Waals surface area contributed by atoms with Crippen LogP contribution in [0.15, 0.2) is 23.1 Å². The highest BCUT2D eigenvalue weighted by Crippen LogP contribution is 2.22. The van der Waals surface area contributed by atoms with Crippen molar-refractivity contribution in [3.63, 3.8) is 0 Å². The van der Waals surface area contributed by atoms with E-state index in [2.05, 4.69) is 0 Å². The van der Waals surface area contributed by atoms with Gasteiger partial charge in [-0.25, -0.2) is 8.78 Å². The zero-order valence-electron chi connectivity index (χ0n) is 6.51. The standard InChI is InChI=1S/C8H8F2OS/c1-11-5-12-8-4-6(9)2-3-7(8)10/h2-4H,5H2,1H3. The largest absolute Gasteiger partial charge is 0.374 e. The van der Waals surface area contributed by atoms with E-state index in [0.717, 1.165) is 30.0 Å². The van der Waals surface area contributed by atoms with Gasteiger partial charge in [0.25, 0.3) is 0 Å². The molecule has 12 heavy (non-hydrogen) atoms. The van der Waals surface area contributed by atoms with Gasteiger partial charge in [0, 0.05) is 12.0 Å². The van der Waals surface area contributed by atoms with E-state index in [1.165, 1.54) is 7.11 Å². The molecule has 0 unspecified atom stereocenters. The van der Waals surface area contributed by atoms with Crippen LogP contribution in [-0.4, -0.2) is 13.0 Å². The molecule has 0 saturated heterocycles. The molecule has 66 valence electrons. The average Bonchev–Trinajstić information content (AvgIpc) is 2.07. The van der Waals surface area contributed by atoms with E-state index in [9.17, 15) is 8.78 Å². The maximum Gasteiger partial charge on any atom is 0.137 e. The third-order valence-electron chi connectivity index (χ3n) is 1.23. The van der Waals surface area contributed by atoms with Crippen LogP contribution in [0.2, 0.25) is 0 Å². The van der Waals surface area contributed by atoms with Gasteiger partial charge in [0.05, 0.1) is 5.94 Å². The Kier molecular flexibility index (Phi) is 3.49. The molecular weight excluding hydrogens is 182 g/mol. The predicted molar refractivity (Wildman–Crippen MR) is 44.1 cm³/mol. The first kappa shape index (κ1) is 9.48. The summed E-state index contributed by atoms with van der Waals surface area (Å²) in [6, 6.07) is 3.35. The zero-order valence-corrected chi connectivity index (χ0v) is 7.33. The van der Waals surface area contributed by atoms with Gasteiger partial charge >= 0.3 is 0 Å². The van der Waals surface area contributed by atoms with E-state index in [4.69, 9.17) is 4.74 Å². The minimum Gasteiger partial charge on any atom is -0.374 e. The van der Waals surface area contributed by atoms with Crippen molar-refractivity contribution in [2.45, 2.75) is 4.90 Å². The van der Waals surface area contributed by atoms with Crippen LogP contribution >= 0.6 is 11.8 Å². The van der Waals surface area contributed by atoms with Gasteiger partial charge in [0.1, 0.15) is 11.6 Å². The monoisotopic (exact) mass is 190 g/mol. The summed E-state index contributed by atoms with van der Waals surface area (Å²) < 4.78 is 30.1. The van der Waals surface area contributed by atoms with E-state index < -0.39 is 11.6 Å². The maximum atomic E-state index is 12.8. The quantitative estimate of drug-likeness (QED) is 0.535. The smallest absolute Gasteiger partial charge is 0.137 e. The lowest BCUT2D eigenvalue weighted by molar-refractivity contribution is 0.258. The SMILES string of the molecule is COCSc1cc(F)ccc1F. The Balaban J connectivity index is 2.75. The van der Waals surface area contributed by atoms with E-state index >= 15 is 0 Å². The van der Waals surface area contributed by atoms with Crippen molar-refractivity contribution in [2.24, 2.45) is 0 Å². The van der Waals surface area contributed by atoms with E-state index in [1.54, 1.807) is 0 Å². The molecule has 1 rings (SSSR count). The highest BCUT2D eigenvalue weighted by atomic mass is 32.2. The maximum absolute atomic E-state index is 12.8. The fraction of sp³-hybridized carbons (Fsp3) is 0.250. The van der Waals surface area contributed by atoms with Crippen molar-refractivity contribution in [1.29, 1.82) is 0 Å². The normalized spacial score (nSPS) is 10.2. The molecule has 4 heteroatoms. The Bertz CT molecular complexity index is 265. The number of methoxy groups -OCH3 is 1. The summed E-state index contributed by atoms with van der Waals surface area (Å²) in [5, 5.41) is 0. The van der Waals surface area contributed by atoms with Crippen molar-refractivity contribution >= 4 is 11.8 Å². The second-order valence-electron chi connectivity index (χ2n) is 2.13. The topological polar surface area (TPSA) is 9.23 Å². The summed E-state index contributed by atoms with van der Waals surface area (Å²) in [6.45, 7) is 0. The van der Waals surface area contributed by atoms with Gasteiger partial charge in [-0.15, -0.1) is 0 Å². The van der Waals surface area contributed by atoms with Crippen LogP contribution < -0.4 is 0 Å². The number of hydrogen-bond donors (Lipinski definition) is 0. The summed E-state index contributed by atoms with van der Waals surface area (Å²) in [4.78, 5) is 0.275. The van der Waals surface area contributed by atoms with Crippen LogP contribution in [-0.2, 0) is 4.74 Å². The minimum absolute atomic E-state index is 0.275. The molecule has 0 heterocycles. The molecule has 0 N–H and O–H groups in total. The van der Waals surface area contributed by atoms with Crippen molar-refractivity contribution in [3.8, 4) is 0 Å². The molecule has 0 bridgehead atoms. The van der Waals surface area contributed by atoms with Crippen LogP contribution in [0.1, 0.15) is 0 Å². The van der Waals surface area contributed by atoms with Crippen LogP contribution in [0.4, 0.5) is 8.78 Å². The van der Waals surface area contributed by atoms with Crippen LogP contribution in [0.3, 0.4) is 0 Å². The minimum atomic E-state index is -0.435. The summed E-state index contributed by atoms with van der Waals surface area (Å²) in [5.41, 5.74) is 0. The van der Waals surface area contributed by atoms with Crippen LogP contribution in [0, 0.1) is 11.6 Å². The molecule has 0 aliphatic heterocycles. The lowest BCUT2D eigenvalue weighted by Crippen LogP contribution is -1.86. The summed E-state index contributed by atoms with van der Waals surface area (Å²) in [6.07, 6.45) is 0. The number of benzene rings is 1. The number of rotatable bonds is 3. The van der Waals surface area contributed by atoms with E-state index in [1.807, 2.05) is 0 Å². The van der Waals surface area contributed by atoms with Crippen LogP contribution in [0.25, 0.3) is 0 Å². The van der Waals surface area contributed by atoms with Crippen molar-refractivity contribution in [1.82, 2.24) is 0 Å². The van der Waals surface area contributed by atoms with Gasteiger partial charge in [-0.2, -0.15) is 0 Å². The third-order valence-corrected chi connectivity index (χ3v) is 2.20. The van der Waals surface area contributed by atoms with Gasteiger partial charge in [-0.3, -0.25) is 0 Å². The van der Waals surface area contributed by atoms with Gasteiger partial charge < -0.3 is 4.74 Å². The first-order valence-electron chi connectivity index (χ1n) is 3.31. The number of halogens is 2. The molecule has 0 aliphatic carbocycles. The molecule has 0 fully saturated rings. The molecule has 0 saturated carbocycles. The fourth-order valence-electron chi connectivity index (χ4n) is 0.710. The van der Waals surface area contributed by atoms with Crippen molar-refractivity contribution in [2.75, 3.05) is 13.0 Å². The molecule has 1 aromatic rings. The van der Waals surface area contributed by atoms with Gasteiger partial charge in [-0.1, -0.05) is 11.8 Å². The molecular formula is C8H8F2OS. The Morgan fingerprint density at radius 1 is 1.42 bits per heavy atom. The molecule has 0 atom stereocenters. The first-order valence-corrected chi connectivity index (χ1v) is 4.29. The van der Waals surface area contributed by atoms with Gasteiger partial charge in [0.15, 0.2) is 0 Å². The number of hydrogen-bond acceptors (Lipinski definition) is 2. The highest BCUT2D eigenvalue weighted by molar-refractivity contribution is 7.99. The Hall–Kier alpha value is -0.610. The average molecular weight is 190 g/mol. The molecule has 1 nitrogen and oxygen atoms in total. The molecule has 0 amide bonds. The molecule has 1 aromatic carbocycles. The number of ether oxygens (including phenoxy) is 1. The zero-order chi connectivity index (χ0) is 8.97.